The van der Waals surface area contributed by atoms with E-state index in [0.29, 0.717) is 11.7 Å². The van der Waals surface area contributed by atoms with E-state index in [-0.39, 0.29) is 17.0 Å². The number of hydrogen-bond donors (Lipinski definition) is 1. The van der Waals surface area contributed by atoms with Gasteiger partial charge in [0.1, 0.15) is 11.4 Å². The number of amides is 1. The summed E-state index contributed by atoms with van der Waals surface area (Å²) in [5.74, 6) is 0.998. The molecule has 1 fully saturated rings. The van der Waals surface area contributed by atoms with Gasteiger partial charge in [0.15, 0.2) is 0 Å². The number of rotatable bonds is 5. The highest BCUT2D eigenvalue weighted by atomic mass is 16.2. The quantitative estimate of drug-likeness (QED) is 0.911. The fourth-order valence-corrected chi connectivity index (χ4v) is 3.47. The van der Waals surface area contributed by atoms with E-state index < -0.39 is 0 Å². The van der Waals surface area contributed by atoms with Crippen LogP contribution in [0.15, 0.2) is 41.3 Å². The number of carbonyl (C=O) groups is 1. The first-order chi connectivity index (χ1) is 12.1. The van der Waals surface area contributed by atoms with Crippen molar-refractivity contribution in [2.24, 2.45) is 5.92 Å². The van der Waals surface area contributed by atoms with Crippen LogP contribution in [-0.4, -0.2) is 33.9 Å². The lowest BCUT2D eigenvalue weighted by Crippen LogP contribution is -2.40. The molecular weight excluding hydrogens is 314 g/mol. The topological polar surface area (TPSA) is 66.1 Å². The van der Waals surface area contributed by atoms with E-state index in [1.165, 1.54) is 24.6 Å². The first-order valence-corrected chi connectivity index (χ1v) is 9.02. The molecule has 3 rings (SSSR count). The molecule has 1 aromatic carbocycles. The van der Waals surface area contributed by atoms with E-state index in [9.17, 15) is 9.59 Å². The minimum absolute atomic E-state index is 0.146. The third-order valence-corrected chi connectivity index (χ3v) is 4.98. The van der Waals surface area contributed by atoms with Crippen molar-refractivity contribution >= 4 is 5.91 Å². The predicted octanol–water partition coefficient (Wildman–Crippen LogP) is 2.95. The highest BCUT2D eigenvalue weighted by molar-refractivity contribution is 5.93. The molecule has 0 unspecified atom stereocenters. The normalized spacial score (nSPS) is 15.3. The van der Waals surface area contributed by atoms with Crippen molar-refractivity contribution in [1.82, 2.24) is 14.9 Å². The molecule has 132 valence electrons. The Balaban J connectivity index is 1.46. The van der Waals surface area contributed by atoms with E-state index in [1.54, 1.807) is 11.8 Å². The Morgan fingerprint density at radius 2 is 1.96 bits per heavy atom. The molecule has 0 saturated carbocycles. The number of likely N-dealkylation sites (tertiary alicyclic amines) is 1. The maximum Gasteiger partial charge on any atom is 0.263 e. The molecule has 0 aliphatic carbocycles. The molecule has 1 aromatic heterocycles. The van der Waals surface area contributed by atoms with Gasteiger partial charge in [0, 0.05) is 19.3 Å². The van der Waals surface area contributed by atoms with E-state index >= 15 is 0 Å². The smallest absolute Gasteiger partial charge is 0.263 e. The minimum atomic E-state index is -0.345. The maximum absolute atomic E-state index is 12.5. The molecule has 0 radical (unpaired) electrons. The van der Waals surface area contributed by atoms with Crippen LogP contribution in [0.4, 0.5) is 0 Å². The van der Waals surface area contributed by atoms with Gasteiger partial charge in [-0.25, -0.2) is 4.98 Å². The Kier molecular flexibility index (Phi) is 5.64. The highest BCUT2D eigenvalue weighted by Crippen LogP contribution is 2.23. The van der Waals surface area contributed by atoms with E-state index in [0.717, 1.165) is 32.4 Å². The lowest BCUT2D eigenvalue weighted by Gasteiger charge is -2.32. The number of aromatic amines is 1. The molecule has 1 amide bonds. The second-order valence-corrected chi connectivity index (χ2v) is 6.82. The molecular formula is C20H25N3O2. The summed E-state index contributed by atoms with van der Waals surface area (Å²) in [5.41, 5.74) is 1.19. The summed E-state index contributed by atoms with van der Waals surface area (Å²) < 4.78 is 0. The second kappa shape index (κ2) is 8.10. The van der Waals surface area contributed by atoms with Gasteiger partial charge < -0.3 is 9.88 Å². The summed E-state index contributed by atoms with van der Waals surface area (Å²) in [5, 5.41) is 0. The van der Waals surface area contributed by atoms with Crippen molar-refractivity contribution < 1.29 is 4.79 Å². The van der Waals surface area contributed by atoms with Gasteiger partial charge in [-0.2, -0.15) is 0 Å². The third kappa shape index (κ3) is 4.56. The summed E-state index contributed by atoms with van der Waals surface area (Å²) in [4.78, 5) is 32.8. The van der Waals surface area contributed by atoms with Crippen LogP contribution < -0.4 is 5.56 Å². The monoisotopic (exact) mass is 339 g/mol. The molecule has 0 spiro atoms. The Morgan fingerprint density at radius 3 is 2.64 bits per heavy atom. The first kappa shape index (κ1) is 17.4. The summed E-state index contributed by atoms with van der Waals surface area (Å²) in [7, 11) is 0. The summed E-state index contributed by atoms with van der Waals surface area (Å²) in [6, 6.07) is 10.6. The van der Waals surface area contributed by atoms with Crippen LogP contribution in [0.5, 0.6) is 0 Å². The van der Waals surface area contributed by atoms with Gasteiger partial charge in [-0.1, -0.05) is 30.3 Å². The number of H-pyrrole nitrogens is 1. The summed E-state index contributed by atoms with van der Waals surface area (Å²) in [6.07, 6.45) is 6.91. The van der Waals surface area contributed by atoms with Crippen LogP contribution in [0, 0.1) is 12.8 Å². The summed E-state index contributed by atoms with van der Waals surface area (Å²) >= 11 is 0. The van der Waals surface area contributed by atoms with Gasteiger partial charge in [0.2, 0.25) is 0 Å². The van der Waals surface area contributed by atoms with Crippen LogP contribution in [0.3, 0.4) is 0 Å². The number of benzene rings is 1. The van der Waals surface area contributed by atoms with Crippen molar-refractivity contribution in [3.63, 3.8) is 0 Å². The molecule has 1 N–H and O–H groups in total. The molecule has 5 nitrogen and oxygen atoms in total. The van der Waals surface area contributed by atoms with Crippen molar-refractivity contribution in [2.75, 3.05) is 13.1 Å². The molecule has 5 heteroatoms. The molecule has 0 atom stereocenters. The second-order valence-electron chi connectivity index (χ2n) is 6.82. The lowest BCUT2D eigenvalue weighted by molar-refractivity contribution is 0.0683. The van der Waals surface area contributed by atoms with Crippen molar-refractivity contribution in [3.05, 3.63) is 63.8 Å². The van der Waals surface area contributed by atoms with Crippen molar-refractivity contribution in [2.45, 2.75) is 39.0 Å². The standard InChI is InChI=1S/C20H25N3O2/c1-15-21-14-18(19(24)22-15)20(25)23-12-10-17(11-13-23)9-5-8-16-6-3-2-4-7-16/h2-4,6-7,14,17H,5,8-13H2,1H3,(H,21,22,24). The number of nitrogens with one attached hydrogen (secondary N) is 1. The predicted molar refractivity (Wildman–Crippen MR) is 97.6 cm³/mol. The lowest BCUT2D eigenvalue weighted by atomic mass is 9.90. The van der Waals surface area contributed by atoms with Crippen molar-refractivity contribution in [1.29, 1.82) is 0 Å². The number of aromatic nitrogens is 2. The zero-order valence-electron chi connectivity index (χ0n) is 14.7. The first-order valence-electron chi connectivity index (χ1n) is 9.02. The van der Waals surface area contributed by atoms with Crippen LogP contribution in [0.2, 0.25) is 0 Å². The Labute approximate surface area is 148 Å². The molecule has 2 aromatic rings. The van der Waals surface area contributed by atoms with E-state index in [1.807, 2.05) is 6.07 Å². The molecule has 1 saturated heterocycles. The van der Waals surface area contributed by atoms with Crippen LogP contribution in [0.25, 0.3) is 0 Å². The molecule has 25 heavy (non-hydrogen) atoms. The maximum atomic E-state index is 12.5. The largest absolute Gasteiger partial charge is 0.338 e. The fourth-order valence-electron chi connectivity index (χ4n) is 3.47. The zero-order chi connectivity index (χ0) is 17.6. The SMILES string of the molecule is Cc1ncc(C(=O)N2CCC(CCCc3ccccc3)CC2)c(=O)[nH]1. The summed E-state index contributed by atoms with van der Waals surface area (Å²) in [6.45, 7) is 3.15. The van der Waals surface area contributed by atoms with E-state index in [2.05, 4.69) is 34.2 Å². The van der Waals surface area contributed by atoms with Crippen molar-refractivity contribution in [3.8, 4) is 0 Å². The molecule has 0 bridgehead atoms. The number of carbonyl (C=O) groups excluding carboxylic acids is 1. The van der Waals surface area contributed by atoms with Gasteiger partial charge in [-0.3, -0.25) is 9.59 Å². The number of nitrogens with zero attached hydrogens (tertiary/aromatic N) is 2. The van der Waals surface area contributed by atoms with Gasteiger partial charge in [0.05, 0.1) is 0 Å². The minimum Gasteiger partial charge on any atom is -0.338 e. The Hall–Kier alpha value is -2.43. The van der Waals surface area contributed by atoms with Gasteiger partial charge in [0.25, 0.3) is 11.5 Å². The number of piperidine rings is 1. The van der Waals surface area contributed by atoms with E-state index in [4.69, 9.17) is 0 Å². The average Bonchev–Trinajstić information content (AvgIpc) is 2.63. The third-order valence-electron chi connectivity index (χ3n) is 4.98. The van der Waals surface area contributed by atoms with Crippen LogP contribution in [0.1, 0.15) is 47.4 Å². The van der Waals surface area contributed by atoms with Gasteiger partial charge >= 0.3 is 0 Å². The molecule has 2 heterocycles. The van der Waals surface area contributed by atoms with Gasteiger partial charge in [-0.05, 0) is 50.5 Å². The Bertz CT molecular complexity index is 762. The van der Waals surface area contributed by atoms with Gasteiger partial charge in [-0.15, -0.1) is 0 Å². The van der Waals surface area contributed by atoms with Crippen LogP contribution in [-0.2, 0) is 6.42 Å². The average molecular weight is 339 g/mol. The highest BCUT2D eigenvalue weighted by Gasteiger charge is 2.25. The van der Waals surface area contributed by atoms with Crippen LogP contribution >= 0.6 is 0 Å². The fraction of sp³-hybridized carbons (Fsp3) is 0.450. The zero-order valence-corrected chi connectivity index (χ0v) is 14.7. The molecule has 1 aliphatic heterocycles. The molecule has 1 aliphatic rings. The number of hydrogen-bond acceptors (Lipinski definition) is 3. The number of aryl methyl sites for hydroxylation is 2. The Morgan fingerprint density at radius 1 is 1.24 bits per heavy atom.